The maximum absolute atomic E-state index is 11.9. The van der Waals surface area contributed by atoms with Crippen molar-refractivity contribution >= 4 is 5.91 Å². The van der Waals surface area contributed by atoms with Crippen molar-refractivity contribution in [1.29, 1.82) is 0 Å². The molecule has 0 aromatic carbocycles. The highest BCUT2D eigenvalue weighted by Crippen LogP contribution is 2.31. The van der Waals surface area contributed by atoms with E-state index in [1.165, 1.54) is 0 Å². The molecule has 0 unspecified atom stereocenters. The third-order valence-corrected chi connectivity index (χ3v) is 5.26. The van der Waals surface area contributed by atoms with Crippen LogP contribution in [0.5, 0.6) is 0 Å². The predicted molar refractivity (Wildman–Crippen MR) is 91.4 cm³/mol. The summed E-state index contributed by atoms with van der Waals surface area (Å²) in [5.41, 5.74) is 0.717. The van der Waals surface area contributed by atoms with Crippen LogP contribution in [0.1, 0.15) is 38.5 Å². The molecule has 2 fully saturated rings. The Bertz CT molecular complexity index is 732. The summed E-state index contributed by atoms with van der Waals surface area (Å²) in [6.45, 7) is 4.20. The average molecular weight is 341 g/mol. The van der Waals surface area contributed by atoms with Crippen molar-refractivity contribution in [2.24, 2.45) is 0 Å². The molecular weight excluding hydrogens is 318 g/mol. The fourth-order valence-corrected chi connectivity index (χ4v) is 4.16. The zero-order chi connectivity index (χ0) is 17.2. The van der Waals surface area contributed by atoms with E-state index in [4.69, 9.17) is 4.52 Å². The smallest absolute Gasteiger partial charge is 0.241 e. The maximum Gasteiger partial charge on any atom is 0.241 e. The van der Waals surface area contributed by atoms with Crippen molar-refractivity contribution in [2.45, 2.75) is 51.2 Å². The van der Waals surface area contributed by atoms with Gasteiger partial charge in [0.15, 0.2) is 0 Å². The highest BCUT2D eigenvalue weighted by molar-refractivity contribution is 5.74. The second kappa shape index (κ2) is 6.92. The minimum absolute atomic E-state index is 0.185. The van der Waals surface area contributed by atoms with Crippen LogP contribution in [-0.2, 0) is 11.3 Å². The molecule has 0 spiro atoms. The quantitative estimate of drug-likeness (QED) is 0.848. The van der Waals surface area contributed by atoms with Crippen molar-refractivity contribution in [3.8, 4) is 11.5 Å². The molecule has 132 valence electrons. The first kappa shape index (κ1) is 16.2. The van der Waals surface area contributed by atoms with E-state index in [0.717, 1.165) is 38.8 Å². The summed E-state index contributed by atoms with van der Waals surface area (Å²) in [5, 5.41) is 4.05. The van der Waals surface area contributed by atoms with E-state index in [1.807, 2.05) is 23.1 Å². The van der Waals surface area contributed by atoms with Crippen molar-refractivity contribution < 1.29 is 9.32 Å². The van der Waals surface area contributed by atoms with Crippen LogP contribution in [0.4, 0.5) is 0 Å². The summed E-state index contributed by atoms with van der Waals surface area (Å²) in [6.07, 6.45) is 6.17. The third-order valence-electron chi connectivity index (χ3n) is 5.26. The number of carbonyl (C=O) groups excluding carboxylic acids is 1. The zero-order valence-electron chi connectivity index (χ0n) is 14.5. The lowest BCUT2D eigenvalue weighted by Gasteiger charge is -2.33. The van der Waals surface area contributed by atoms with Crippen LogP contribution in [0, 0.1) is 0 Å². The van der Waals surface area contributed by atoms with Gasteiger partial charge in [-0.1, -0.05) is 11.2 Å². The lowest BCUT2D eigenvalue weighted by molar-refractivity contribution is -0.130. The third kappa shape index (κ3) is 3.28. The Morgan fingerprint density at radius 2 is 2.08 bits per heavy atom. The van der Waals surface area contributed by atoms with Gasteiger partial charge in [-0.2, -0.15) is 4.98 Å². The Labute approximate surface area is 147 Å². The van der Waals surface area contributed by atoms with E-state index >= 15 is 0 Å². The molecule has 2 aromatic rings. The predicted octanol–water partition coefficient (Wildman–Crippen LogP) is 2.11. The monoisotopic (exact) mass is 341 g/mol. The molecule has 1 amide bonds. The van der Waals surface area contributed by atoms with Gasteiger partial charge >= 0.3 is 0 Å². The molecule has 0 saturated carbocycles. The number of hydrogen-bond acceptors (Lipinski definition) is 6. The van der Waals surface area contributed by atoms with E-state index in [1.54, 1.807) is 13.1 Å². The number of amides is 1. The van der Waals surface area contributed by atoms with Crippen LogP contribution in [0.3, 0.4) is 0 Å². The highest BCUT2D eigenvalue weighted by atomic mass is 16.5. The Morgan fingerprint density at radius 1 is 1.24 bits per heavy atom. The van der Waals surface area contributed by atoms with Crippen molar-refractivity contribution in [3.63, 3.8) is 0 Å². The summed E-state index contributed by atoms with van der Waals surface area (Å²) in [5.74, 6) is 1.32. The lowest BCUT2D eigenvalue weighted by atomic mass is 10.0. The lowest BCUT2D eigenvalue weighted by Crippen LogP contribution is -2.47. The number of hydrogen-bond donors (Lipinski definition) is 0. The van der Waals surface area contributed by atoms with Gasteiger partial charge in [0.2, 0.25) is 17.6 Å². The summed E-state index contributed by atoms with van der Waals surface area (Å²) in [7, 11) is 0. The number of nitrogens with zero attached hydrogens (tertiary/aromatic N) is 5. The summed E-state index contributed by atoms with van der Waals surface area (Å²) in [4.78, 5) is 25.1. The van der Waals surface area contributed by atoms with Crippen molar-refractivity contribution in [3.05, 3.63) is 30.3 Å². The minimum atomic E-state index is 0.185. The molecule has 25 heavy (non-hydrogen) atoms. The molecule has 0 N–H and O–H groups in total. The summed E-state index contributed by atoms with van der Waals surface area (Å²) >= 11 is 0. The van der Waals surface area contributed by atoms with Crippen LogP contribution in [0.2, 0.25) is 0 Å². The molecule has 0 radical (unpaired) electrons. The molecule has 2 aliphatic heterocycles. The van der Waals surface area contributed by atoms with E-state index in [9.17, 15) is 4.79 Å². The number of carbonyl (C=O) groups is 1. The first-order valence-corrected chi connectivity index (χ1v) is 8.97. The van der Waals surface area contributed by atoms with E-state index in [2.05, 4.69) is 20.0 Å². The molecule has 0 aliphatic carbocycles. The molecule has 7 heteroatoms. The van der Waals surface area contributed by atoms with Gasteiger partial charge in [-0.15, -0.1) is 0 Å². The van der Waals surface area contributed by atoms with Crippen LogP contribution in [0.25, 0.3) is 11.5 Å². The van der Waals surface area contributed by atoms with Crippen molar-refractivity contribution in [1.82, 2.24) is 24.9 Å². The summed E-state index contributed by atoms with van der Waals surface area (Å²) < 4.78 is 5.44. The number of rotatable bonds is 4. The fourth-order valence-electron chi connectivity index (χ4n) is 4.16. The molecule has 4 heterocycles. The normalized spacial score (nSPS) is 24.1. The first-order chi connectivity index (χ1) is 12.2. The second-order valence-corrected chi connectivity index (χ2v) is 6.83. The molecule has 2 aromatic heterocycles. The van der Waals surface area contributed by atoms with E-state index < -0.39 is 0 Å². The van der Waals surface area contributed by atoms with Gasteiger partial charge in [-0.05, 0) is 44.4 Å². The Hall–Kier alpha value is -2.28. The van der Waals surface area contributed by atoms with Gasteiger partial charge in [-0.25, -0.2) is 0 Å². The Balaban J connectivity index is 1.47. The minimum Gasteiger partial charge on any atom is -0.338 e. The van der Waals surface area contributed by atoms with Gasteiger partial charge in [0.25, 0.3) is 0 Å². The van der Waals surface area contributed by atoms with E-state index in [0.29, 0.717) is 36.0 Å². The van der Waals surface area contributed by atoms with E-state index in [-0.39, 0.29) is 5.91 Å². The van der Waals surface area contributed by atoms with Crippen molar-refractivity contribution in [2.75, 3.05) is 13.1 Å². The molecule has 2 saturated heterocycles. The van der Waals surface area contributed by atoms with Gasteiger partial charge in [0.1, 0.15) is 5.69 Å². The number of pyridine rings is 1. The number of aromatic nitrogens is 3. The van der Waals surface area contributed by atoms with Gasteiger partial charge in [0.05, 0.1) is 6.54 Å². The molecule has 7 nitrogen and oxygen atoms in total. The van der Waals surface area contributed by atoms with Crippen LogP contribution < -0.4 is 0 Å². The topological polar surface area (TPSA) is 75.4 Å². The van der Waals surface area contributed by atoms with Crippen LogP contribution in [-0.4, -0.2) is 56.0 Å². The molecule has 2 aliphatic rings. The van der Waals surface area contributed by atoms with Gasteiger partial charge in [0, 0.05) is 31.7 Å². The molecule has 0 bridgehead atoms. The maximum atomic E-state index is 11.9. The number of likely N-dealkylation sites (tertiary alicyclic amines) is 2. The Kier molecular flexibility index (Phi) is 4.48. The SMILES string of the molecule is CC(=O)N1CCC[C@@H]1[C@H]1CCCN1Cc1nc(-c2ccccn2)no1. The molecule has 2 atom stereocenters. The van der Waals surface area contributed by atoms with Crippen LogP contribution in [0.15, 0.2) is 28.9 Å². The Morgan fingerprint density at radius 3 is 2.88 bits per heavy atom. The summed E-state index contributed by atoms with van der Waals surface area (Å²) in [6, 6.07) is 6.35. The van der Waals surface area contributed by atoms with Crippen LogP contribution >= 0.6 is 0 Å². The second-order valence-electron chi connectivity index (χ2n) is 6.83. The molecule has 4 rings (SSSR count). The zero-order valence-corrected chi connectivity index (χ0v) is 14.5. The van der Waals surface area contributed by atoms with Gasteiger partial charge < -0.3 is 9.42 Å². The molecular formula is C18H23N5O2. The highest BCUT2D eigenvalue weighted by Gasteiger charge is 2.39. The largest absolute Gasteiger partial charge is 0.338 e. The standard InChI is InChI=1S/C18H23N5O2/c1-13(24)23-11-5-8-16(23)15-7-4-10-22(15)12-17-20-18(21-25-17)14-6-2-3-9-19-14/h2-3,6,9,15-16H,4-5,7-8,10-12H2,1H3/t15-,16-/m1/s1. The first-order valence-electron chi connectivity index (χ1n) is 8.97. The van der Waals surface area contributed by atoms with Gasteiger partial charge in [-0.3, -0.25) is 14.7 Å². The average Bonchev–Trinajstić information content (AvgIpc) is 3.36. The fraction of sp³-hybridized carbons (Fsp3) is 0.556.